The van der Waals surface area contributed by atoms with E-state index >= 15 is 0 Å². The molecule has 0 amide bonds. The predicted octanol–water partition coefficient (Wildman–Crippen LogP) is 3.93. The van der Waals surface area contributed by atoms with Crippen LogP contribution in [0.1, 0.15) is 51.6 Å². The maximum atomic E-state index is 5.64. The van der Waals surface area contributed by atoms with Crippen molar-refractivity contribution in [3.63, 3.8) is 0 Å². The Kier molecular flexibility index (Phi) is 6.71. The third-order valence-corrected chi connectivity index (χ3v) is 2.85. The first-order chi connectivity index (χ1) is 8.27. The Morgan fingerprint density at radius 1 is 1.12 bits per heavy atom. The minimum atomic E-state index is 0.416. The Bertz CT molecular complexity index is 294. The molecular weight excluding hydrogens is 210 g/mol. The van der Waals surface area contributed by atoms with E-state index in [1.165, 1.54) is 18.4 Å². The van der Waals surface area contributed by atoms with Crippen molar-refractivity contribution in [1.29, 1.82) is 0 Å². The van der Waals surface area contributed by atoms with Crippen LogP contribution in [0, 0.1) is 0 Å². The highest BCUT2D eigenvalue weighted by molar-refractivity contribution is 5.28. The number of unbranched alkanes of at least 4 members (excludes halogenated alkanes) is 1. The van der Waals surface area contributed by atoms with Crippen LogP contribution in [-0.2, 0) is 0 Å². The second-order valence-corrected chi connectivity index (χ2v) is 4.45. The lowest BCUT2D eigenvalue weighted by Crippen LogP contribution is -2.19. The highest BCUT2D eigenvalue weighted by Gasteiger charge is 2.03. The van der Waals surface area contributed by atoms with E-state index in [9.17, 15) is 0 Å². The molecule has 1 N–H and O–H groups in total. The number of rotatable bonds is 8. The van der Waals surface area contributed by atoms with Gasteiger partial charge in [0.25, 0.3) is 0 Å². The summed E-state index contributed by atoms with van der Waals surface area (Å²) >= 11 is 0. The molecule has 2 nitrogen and oxygen atoms in total. The summed E-state index contributed by atoms with van der Waals surface area (Å²) in [5, 5.41) is 3.48. The molecule has 1 aromatic rings. The van der Waals surface area contributed by atoms with Crippen molar-refractivity contribution >= 4 is 0 Å². The van der Waals surface area contributed by atoms with Gasteiger partial charge in [-0.1, -0.05) is 32.4 Å². The standard InChI is InChI=1S/C15H25NO/c1-4-6-12-17-15-9-7-14(8-10-15)13(3)16-11-5-2/h7-10,13,16H,4-6,11-12H2,1-3H3. The molecule has 1 aromatic carbocycles. The van der Waals surface area contributed by atoms with Gasteiger partial charge in [-0.15, -0.1) is 0 Å². The molecule has 0 bridgehead atoms. The Hall–Kier alpha value is -1.02. The molecule has 0 saturated heterocycles. The summed E-state index contributed by atoms with van der Waals surface area (Å²) < 4.78 is 5.64. The topological polar surface area (TPSA) is 21.3 Å². The maximum Gasteiger partial charge on any atom is 0.119 e. The van der Waals surface area contributed by atoms with Gasteiger partial charge in [0.05, 0.1) is 6.61 Å². The van der Waals surface area contributed by atoms with E-state index in [1.54, 1.807) is 0 Å². The van der Waals surface area contributed by atoms with Crippen molar-refractivity contribution in [3.05, 3.63) is 29.8 Å². The highest BCUT2D eigenvalue weighted by atomic mass is 16.5. The van der Waals surface area contributed by atoms with E-state index in [2.05, 4.69) is 50.4 Å². The second-order valence-electron chi connectivity index (χ2n) is 4.45. The third kappa shape index (κ3) is 5.22. The number of hydrogen-bond acceptors (Lipinski definition) is 2. The summed E-state index contributed by atoms with van der Waals surface area (Å²) in [7, 11) is 0. The first-order valence-electron chi connectivity index (χ1n) is 6.74. The molecule has 2 heteroatoms. The third-order valence-electron chi connectivity index (χ3n) is 2.85. The van der Waals surface area contributed by atoms with Crippen molar-refractivity contribution < 1.29 is 4.74 Å². The van der Waals surface area contributed by atoms with Gasteiger partial charge in [0.1, 0.15) is 5.75 Å². The molecule has 96 valence electrons. The van der Waals surface area contributed by atoms with Gasteiger partial charge in [0, 0.05) is 6.04 Å². The average molecular weight is 235 g/mol. The quantitative estimate of drug-likeness (QED) is 0.689. The average Bonchev–Trinajstić information content (AvgIpc) is 2.37. The largest absolute Gasteiger partial charge is 0.494 e. The predicted molar refractivity (Wildman–Crippen MR) is 73.6 cm³/mol. The zero-order chi connectivity index (χ0) is 12.5. The zero-order valence-electron chi connectivity index (χ0n) is 11.3. The van der Waals surface area contributed by atoms with Gasteiger partial charge in [0.2, 0.25) is 0 Å². The monoisotopic (exact) mass is 235 g/mol. The van der Waals surface area contributed by atoms with Gasteiger partial charge in [-0.2, -0.15) is 0 Å². The summed E-state index contributed by atoms with van der Waals surface area (Å²) in [4.78, 5) is 0. The summed E-state index contributed by atoms with van der Waals surface area (Å²) in [6.07, 6.45) is 3.47. The van der Waals surface area contributed by atoms with E-state index in [1.807, 2.05) is 0 Å². The number of ether oxygens (including phenoxy) is 1. The molecule has 0 radical (unpaired) electrons. The molecule has 1 rings (SSSR count). The van der Waals surface area contributed by atoms with E-state index in [0.717, 1.165) is 25.3 Å². The van der Waals surface area contributed by atoms with E-state index in [4.69, 9.17) is 4.74 Å². The molecule has 0 aliphatic heterocycles. The summed E-state index contributed by atoms with van der Waals surface area (Å²) in [5.74, 6) is 0.977. The smallest absolute Gasteiger partial charge is 0.119 e. The highest BCUT2D eigenvalue weighted by Crippen LogP contribution is 2.17. The SMILES string of the molecule is CCCCOc1ccc(C(C)NCCC)cc1. The van der Waals surface area contributed by atoms with Gasteiger partial charge < -0.3 is 10.1 Å². The van der Waals surface area contributed by atoms with E-state index < -0.39 is 0 Å². The van der Waals surface area contributed by atoms with Crippen LogP contribution >= 0.6 is 0 Å². The molecule has 0 aromatic heterocycles. The minimum absolute atomic E-state index is 0.416. The van der Waals surface area contributed by atoms with Crippen molar-refractivity contribution in [3.8, 4) is 5.75 Å². The van der Waals surface area contributed by atoms with Gasteiger partial charge in [0.15, 0.2) is 0 Å². The molecule has 0 aliphatic carbocycles. The molecule has 0 saturated carbocycles. The molecule has 0 heterocycles. The molecule has 0 fully saturated rings. The van der Waals surface area contributed by atoms with Gasteiger partial charge in [-0.25, -0.2) is 0 Å². The van der Waals surface area contributed by atoms with Crippen LogP contribution in [0.25, 0.3) is 0 Å². The Balaban J connectivity index is 2.43. The van der Waals surface area contributed by atoms with Crippen molar-refractivity contribution in [1.82, 2.24) is 5.32 Å². The van der Waals surface area contributed by atoms with Crippen LogP contribution < -0.4 is 10.1 Å². The van der Waals surface area contributed by atoms with Gasteiger partial charge in [-0.05, 0) is 44.0 Å². The number of nitrogens with one attached hydrogen (secondary N) is 1. The van der Waals surface area contributed by atoms with Crippen LogP contribution in [0.5, 0.6) is 5.75 Å². The first-order valence-corrected chi connectivity index (χ1v) is 6.74. The molecule has 1 unspecified atom stereocenters. The maximum absolute atomic E-state index is 5.64. The second kappa shape index (κ2) is 8.13. The van der Waals surface area contributed by atoms with Crippen LogP contribution in [0.4, 0.5) is 0 Å². The fourth-order valence-electron chi connectivity index (χ4n) is 1.67. The van der Waals surface area contributed by atoms with Crippen molar-refractivity contribution in [2.24, 2.45) is 0 Å². The lowest BCUT2D eigenvalue weighted by molar-refractivity contribution is 0.309. The number of hydrogen-bond donors (Lipinski definition) is 1. The van der Waals surface area contributed by atoms with Crippen LogP contribution in [0.15, 0.2) is 24.3 Å². The van der Waals surface area contributed by atoms with Gasteiger partial charge >= 0.3 is 0 Å². The van der Waals surface area contributed by atoms with E-state index in [0.29, 0.717) is 6.04 Å². The lowest BCUT2D eigenvalue weighted by Gasteiger charge is -2.14. The van der Waals surface area contributed by atoms with Crippen LogP contribution in [0.2, 0.25) is 0 Å². The Morgan fingerprint density at radius 3 is 2.41 bits per heavy atom. The normalized spacial score (nSPS) is 12.4. The minimum Gasteiger partial charge on any atom is -0.494 e. The summed E-state index contributed by atoms with van der Waals surface area (Å²) in [6.45, 7) is 8.44. The van der Waals surface area contributed by atoms with Crippen molar-refractivity contribution in [2.75, 3.05) is 13.2 Å². The number of benzene rings is 1. The first kappa shape index (κ1) is 14.0. The van der Waals surface area contributed by atoms with Gasteiger partial charge in [-0.3, -0.25) is 0 Å². The molecule has 17 heavy (non-hydrogen) atoms. The molecule has 1 atom stereocenters. The summed E-state index contributed by atoms with van der Waals surface area (Å²) in [6, 6.07) is 8.84. The van der Waals surface area contributed by atoms with Crippen LogP contribution in [-0.4, -0.2) is 13.2 Å². The Morgan fingerprint density at radius 2 is 1.82 bits per heavy atom. The lowest BCUT2D eigenvalue weighted by atomic mass is 10.1. The fraction of sp³-hybridized carbons (Fsp3) is 0.600. The molecule has 0 aliphatic rings. The van der Waals surface area contributed by atoms with Crippen molar-refractivity contribution in [2.45, 2.75) is 46.1 Å². The zero-order valence-corrected chi connectivity index (χ0v) is 11.3. The molecule has 0 spiro atoms. The van der Waals surface area contributed by atoms with E-state index in [-0.39, 0.29) is 0 Å². The summed E-state index contributed by atoms with van der Waals surface area (Å²) in [5.41, 5.74) is 1.32. The Labute approximate surface area is 105 Å². The fourth-order valence-corrected chi connectivity index (χ4v) is 1.67. The molecular formula is C15H25NO. The van der Waals surface area contributed by atoms with Crippen LogP contribution in [0.3, 0.4) is 0 Å².